The van der Waals surface area contributed by atoms with E-state index in [9.17, 15) is 5.11 Å². The molecule has 2 nitrogen and oxygen atoms in total. The maximum Gasteiger partial charge on any atom is 0.118 e. The molecule has 2 heteroatoms. The van der Waals surface area contributed by atoms with Crippen LogP contribution in [0.5, 0.6) is 5.75 Å². The molecule has 0 heterocycles. The largest absolute Gasteiger partial charge is 0.497 e. The summed E-state index contributed by atoms with van der Waals surface area (Å²) in [5.41, 5.74) is 4.67. The minimum Gasteiger partial charge on any atom is -0.497 e. The van der Waals surface area contributed by atoms with Crippen molar-refractivity contribution in [2.45, 2.75) is 18.9 Å². The zero-order valence-corrected chi connectivity index (χ0v) is 12.5. The lowest BCUT2D eigenvalue weighted by atomic mass is 9.93. The molecule has 1 atom stereocenters. The number of rotatable bonds is 3. The second-order valence-electron chi connectivity index (χ2n) is 5.83. The minimum absolute atomic E-state index is 0.615. The van der Waals surface area contributed by atoms with E-state index in [-0.39, 0.29) is 0 Å². The molecule has 4 rings (SSSR count). The van der Waals surface area contributed by atoms with Crippen LogP contribution in [0, 0.1) is 0 Å². The van der Waals surface area contributed by atoms with Crippen molar-refractivity contribution in [2.24, 2.45) is 0 Å². The van der Waals surface area contributed by atoms with Crippen molar-refractivity contribution in [2.75, 3.05) is 7.11 Å². The van der Waals surface area contributed by atoms with Crippen molar-refractivity contribution in [3.8, 4) is 5.75 Å². The Morgan fingerprint density at radius 1 is 0.909 bits per heavy atom. The first-order chi connectivity index (χ1) is 10.8. The number of aliphatic hydroxyl groups is 1. The standard InChI is InChI=1S/C20H18O2/c1-22-16-10-7-15(8-11-16)20(21)18-12-9-14-6-5-13-3-2-4-17(18)19(13)14/h2-4,7-12,20-21H,5-6H2,1H3/t20-/m0/s1. The molecule has 0 fully saturated rings. The molecular formula is C20H18O2. The molecule has 3 aromatic rings. The normalized spacial score (nSPS) is 14.3. The Labute approximate surface area is 130 Å². The summed E-state index contributed by atoms with van der Waals surface area (Å²) < 4.78 is 5.18. The van der Waals surface area contributed by atoms with Crippen LogP contribution in [0.2, 0.25) is 0 Å². The maximum atomic E-state index is 10.8. The van der Waals surface area contributed by atoms with Gasteiger partial charge < -0.3 is 9.84 Å². The zero-order valence-electron chi connectivity index (χ0n) is 12.5. The number of hydrogen-bond donors (Lipinski definition) is 1. The fourth-order valence-electron chi connectivity index (χ4n) is 3.47. The van der Waals surface area contributed by atoms with E-state index in [0.29, 0.717) is 0 Å². The van der Waals surface area contributed by atoms with Gasteiger partial charge in [0.05, 0.1) is 7.11 Å². The van der Waals surface area contributed by atoms with Gasteiger partial charge >= 0.3 is 0 Å². The first kappa shape index (κ1) is 13.4. The molecule has 1 aliphatic rings. The van der Waals surface area contributed by atoms with Gasteiger partial charge in [0.15, 0.2) is 0 Å². The first-order valence-electron chi connectivity index (χ1n) is 7.63. The maximum absolute atomic E-state index is 10.8. The van der Waals surface area contributed by atoms with Crippen LogP contribution in [0.3, 0.4) is 0 Å². The van der Waals surface area contributed by atoms with Crippen molar-refractivity contribution >= 4 is 10.8 Å². The van der Waals surface area contributed by atoms with Crippen LogP contribution in [0.15, 0.2) is 54.6 Å². The van der Waals surface area contributed by atoms with Gasteiger partial charge in [-0.25, -0.2) is 0 Å². The van der Waals surface area contributed by atoms with E-state index in [1.165, 1.54) is 21.9 Å². The van der Waals surface area contributed by atoms with Crippen LogP contribution < -0.4 is 4.74 Å². The van der Waals surface area contributed by atoms with Crippen molar-refractivity contribution in [3.63, 3.8) is 0 Å². The van der Waals surface area contributed by atoms with Crippen molar-refractivity contribution in [1.29, 1.82) is 0 Å². The van der Waals surface area contributed by atoms with Gasteiger partial charge in [0.1, 0.15) is 11.9 Å². The third kappa shape index (κ3) is 1.99. The SMILES string of the molecule is COc1ccc([C@H](O)c2ccc3c4c(cccc24)CC3)cc1. The number of aliphatic hydroxyl groups excluding tert-OH is 1. The summed E-state index contributed by atoms with van der Waals surface area (Å²) in [6, 6.07) is 18.3. The third-order valence-corrected chi connectivity index (χ3v) is 4.64. The average Bonchev–Trinajstić information content (AvgIpc) is 3.00. The van der Waals surface area contributed by atoms with E-state index in [1.54, 1.807) is 7.11 Å². The Bertz CT molecular complexity index is 824. The molecule has 0 spiro atoms. The number of benzene rings is 3. The van der Waals surface area contributed by atoms with Crippen LogP contribution in [-0.2, 0) is 12.8 Å². The predicted octanol–water partition coefficient (Wildman–Crippen LogP) is 4.03. The van der Waals surface area contributed by atoms with E-state index >= 15 is 0 Å². The predicted molar refractivity (Wildman–Crippen MR) is 88.4 cm³/mol. The van der Waals surface area contributed by atoms with Gasteiger partial charge in [0.25, 0.3) is 0 Å². The topological polar surface area (TPSA) is 29.5 Å². The van der Waals surface area contributed by atoms with E-state index in [2.05, 4.69) is 30.3 Å². The molecule has 1 N–H and O–H groups in total. The van der Waals surface area contributed by atoms with E-state index in [1.807, 2.05) is 24.3 Å². The molecule has 0 aromatic heterocycles. The molecule has 0 bridgehead atoms. The van der Waals surface area contributed by atoms with Crippen molar-refractivity contribution in [1.82, 2.24) is 0 Å². The van der Waals surface area contributed by atoms with Crippen LogP contribution in [-0.4, -0.2) is 12.2 Å². The summed E-state index contributed by atoms with van der Waals surface area (Å²) in [4.78, 5) is 0. The molecule has 0 saturated carbocycles. The Balaban J connectivity index is 1.83. The van der Waals surface area contributed by atoms with Gasteiger partial charge in [-0.2, -0.15) is 0 Å². The smallest absolute Gasteiger partial charge is 0.118 e. The van der Waals surface area contributed by atoms with E-state index in [0.717, 1.165) is 29.7 Å². The summed E-state index contributed by atoms with van der Waals surface area (Å²) in [6.45, 7) is 0. The molecule has 0 amide bonds. The second kappa shape index (κ2) is 5.15. The number of hydrogen-bond acceptors (Lipinski definition) is 2. The lowest BCUT2D eigenvalue weighted by Gasteiger charge is -2.16. The molecule has 0 radical (unpaired) electrons. The van der Waals surface area contributed by atoms with Gasteiger partial charge in [-0.3, -0.25) is 0 Å². The Morgan fingerprint density at radius 3 is 2.36 bits per heavy atom. The molecule has 110 valence electrons. The quantitative estimate of drug-likeness (QED) is 0.789. The third-order valence-electron chi connectivity index (χ3n) is 4.64. The highest BCUT2D eigenvalue weighted by Gasteiger charge is 2.19. The molecule has 1 aliphatic carbocycles. The molecule has 3 aromatic carbocycles. The monoisotopic (exact) mass is 290 g/mol. The van der Waals surface area contributed by atoms with E-state index in [4.69, 9.17) is 4.74 Å². The van der Waals surface area contributed by atoms with Crippen molar-refractivity contribution < 1.29 is 9.84 Å². The lowest BCUT2D eigenvalue weighted by molar-refractivity contribution is 0.222. The fraction of sp³-hybridized carbons (Fsp3) is 0.200. The Kier molecular flexibility index (Phi) is 3.12. The summed E-state index contributed by atoms with van der Waals surface area (Å²) in [6.07, 6.45) is 1.60. The highest BCUT2D eigenvalue weighted by molar-refractivity contribution is 5.93. The number of ether oxygens (including phenoxy) is 1. The highest BCUT2D eigenvalue weighted by atomic mass is 16.5. The molecule has 22 heavy (non-hydrogen) atoms. The molecule has 0 aliphatic heterocycles. The van der Waals surface area contributed by atoms with Crippen LogP contribution in [0.1, 0.15) is 28.4 Å². The van der Waals surface area contributed by atoms with Crippen molar-refractivity contribution in [3.05, 3.63) is 76.9 Å². The summed E-state index contributed by atoms with van der Waals surface area (Å²) in [5, 5.41) is 13.3. The van der Waals surface area contributed by atoms with Gasteiger partial charge in [-0.05, 0) is 58.0 Å². The lowest BCUT2D eigenvalue weighted by Crippen LogP contribution is -2.01. The number of methoxy groups -OCH3 is 1. The van der Waals surface area contributed by atoms with Gasteiger partial charge in [0.2, 0.25) is 0 Å². The fourth-order valence-corrected chi connectivity index (χ4v) is 3.47. The van der Waals surface area contributed by atoms with Crippen LogP contribution in [0.25, 0.3) is 10.8 Å². The average molecular weight is 290 g/mol. The number of aryl methyl sites for hydroxylation is 2. The zero-order chi connectivity index (χ0) is 15.1. The highest BCUT2D eigenvalue weighted by Crippen LogP contribution is 2.36. The van der Waals surface area contributed by atoms with Crippen LogP contribution in [0.4, 0.5) is 0 Å². The summed E-state index contributed by atoms with van der Waals surface area (Å²) in [7, 11) is 1.65. The Morgan fingerprint density at radius 2 is 1.64 bits per heavy atom. The Hall–Kier alpha value is -2.32. The van der Waals surface area contributed by atoms with Crippen LogP contribution >= 0.6 is 0 Å². The molecule has 0 unspecified atom stereocenters. The van der Waals surface area contributed by atoms with Gasteiger partial charge in [-0.1, -0.05) is 42.5 Å². The van der Waals surface area contributed by atoms with Gasteiger partial charge in [0, 0.05) is 0 Å². The van der Waals surface area contributed by atoms with Gasteiger partial charge in [-0.15, -0.1) is 0 Å². The second-order valence-corrected chi connectivity index (χ2v) is 5.83. The summed E-state index contributed by atoms with van der Waals surface area (Å²) >= 11 is 0. The summed E-state index contributed by atoms with van der Waals surface area (Å²) in [5.74, 6) is 0.802. The minimum atomic E-state index is -0.615. The molecule has 0 saturated heterocycles. The first-order valence-corrected chi connectivity index (χ1v) is 7.63. The van der Waals surface area contributed by atoms with E-state index < -0.39 is 6.10 Å². The molecular weight excluding hydrogens is 272 g/mol.